The predicted molar refractivity (Wildman–Crippen MR) is 66.4 cm³/mol. The maximum Gasteiger partial charge on any atom is 0.222 e. The van der Waals surface area contributed by atoms with Crippen LogP contribution in [0.15, 0.2) is 12.1 Å². The summed E-state index contributed by atoms with van der Waals surface area (Å²) in [6.45, 7) is 2.08. The van der Waals surface area contributed by atoms with Crippen molar-refractivity contribution in [2.24, 2.45) is 5.73 Å². The Balaban J connectivity index is 2.31. The van der Waals surface area contributed by atoms with Crippen molar-refractivity contribution in [3.63, 3.8) is 0 Å². The SMILES string of the molecule is Cc1ccc(C2C(N)CCCC(=O)N2C)s1. The van der Waals surface area contributed by atoms with Crippen LogP contribution in [-0.4, -0.2) is 23.9 Å². The van der Waals surface area contributed by atoms with E-state index in [4.69, 9.17) is 5.73 Å². The molecular formula is C12H18N2OS. The standard InChI is InChI=1S/C12H18N2OS/c1-8-6-7-10(16-8)12-9(13)4-3-5-11(15)14(12)2/h6-7,9,12H,3-5,13H2,1-2H3. The van der Waals surface area contributed by atoms with Crippen LogP contribution in [0, 0.1) is 6.92 Å². The van der Waals surface area contributed by atoms with Crippen LogP contribution in [0.2, 0.25) is 0 Å². The first-order valence-electron chi connectivity index (χ1n) is 5.67. The quantitative estimate of drug-likeness (QED) is 0.814. The Morgan fingerprint density at radius 1 is 1.50 bits per heavy atom. The van der Waals surface area contributed by atoms with Gasteiger partial charge < -0.3 is 10.6 Å². The van der Waals surface area contributed by atoms with Gasteiger partial charge in [-0.25, -0.2) is 0 Å². The molecule has 0 radical (unpaired) electrons. The van der Waals surface area contributed by atoms with Crippen LogP contribution in [0.4, 0.5) is 0 Å². The summed E-state index contributed by atoms with van der Waals surface area (Å²) in [6, 6.07) is 4.32. The van der Waals surface area contributed by atoms with E-state index in [0.29, 0.717) is 6.42 Å². The van der Waals surface area contributed by atoms with Crippen LogP contribution in [0.3, 0.4) is 0 Å². The maximum atomic E-state index is 11.8. The third-order valence-corrected chi connectivity index (χ3v) is 4.27. The second-order valence-corrected chi connectivity index (χ2v) is 5.77. The largest absolute Gasteiger partial charge is 0.336 e. The van der Waals surface area contributed by atoms with Crippen molar-refractivity contribution in [2.45, 2.75) is 38.3 Å². The van der Waals surface area contributed by atoms with Crippen LogP contribution >= 0.6 is 11.3 Å². The van der Waals surface area contributed by atoms with E-state index in [1.165, 1.54) is 9.75 Å². The highest BCUT2D eigenvalue weighted by Crippen LogP contribution is 2.32. The van der Waals surface area contributed by atoms with Crippen LogP contribution in [0.25, 0.3) is 0 Å². The molecule has 2 atom stereocenters. The Hall–Kier alpha value is -0.870. The molecule has 1 aromatic rings. The van der Waals surface area contributed by atoms with Gasteiger partial charge in [-0.2, -0.15) is 0 Å². The van der Waals surface area contributed by atoms with Crippen molar-refractivity contribution in [1.82, 2.24) is 4.90 Å². The third kappa shape index (κ3) is 2.13. The number of nitrogens with zero attached hydrogens (tertiary/aromatic N) is 1. The molecule has 0 bridgehead atoms. The number of rotatable bonds is 1. The molecule has 2 N–H and O–H groups in total. The first kappa shape index (κ1) is 11.6. The maximum absolute atomic E-state index is 11.8. The first-order chi connectivity index (χ1) is 7.59. The average molecular weight is 238 g/mol. The molecule has 0 spiro atoms. The molecule has 1 aliphatic heterocycles. The van der Waals surface area contributed by atoms with Gasteiger partial charge in [0.05, 0.1) is 6.04 Å². The van der Waals surface area contributed by atoms with Crippen molar-refractivity contribution in [3.8, 4) is 0 Å². The number of likely N-dealkylation sites (tertiary alicyclic amines) is 1. The van der Waals surface area contributed by atoms with Crippen LogP contribution < -0.4 is 5.73 Å². The summed E-state index contributed by atoms with van der Waals surface area (Å²) < 4.78 is 0. The monoisotopic (exact) mass is 238 g/mol. The van der Waals surface area contributed by atoms with Gasteiger partial charge in [0.15, 0.2) is 0 Å². The minimum absolute atomic E-state index is 0.0636. The molecule has 0 aromatic carbocycles. The van der Waals surface area contributed by atoms with Crippen molar-refractivity contribution >= 4 is 17.2 Å². The highest BCUT2D eigenvalue weighted by Gasteiger charge is 2.30. The molecule has 2 unspecified atom stereocenters. The normalized spacial score (nSPS) is 26.9. The van der Waals surface area contributed by atoms with Crippen molar-refractivity contribution in [2.75, 3.05) is 7.05 Å². The fourth-order valence-corrected chi connectivity index (χ4v) is 3.38. The highest BCUT2D eigenvalue weighted by molar-refractivity contribution is 7.12. The summed E-state index contributed by atoms with van der Waals surface area (Å²) >= 11 is 1.74. The summed E-state index contributed by atoms with van der Waals surface area (Å²) in [5.41, 5.74) is 6.19. The second kappa shape index (κ2) is 4.55. The Labute approximate surface area is 100 Å². The number of aryl methyl sites for hydroxylation is 1. The molecule has 1 fully saturated rings. The summed E-state index contributed by atoms with van der Waals surface area (Å²) in [7, 11) is 1.87. The lowest BCUT2D eigenvalue weighted by molar-refractivity contribution is -0.131. The molecule has 0 aliphatic carbocycles. The summed E-state index contributed by atoms with van der Waals surface area (Å²) in [5.74, 6) is 0.212. The van der Waals surface area contributed by atoms with Crippen LogP contribution in [0.5, 0.6) is 0 Å². The van der Waals surface area contributed by atoms with Gasteiger partial charge in [0, 0.05) is 29.3 Å². The van der Waals surface area contributed by atoms with E-state index >= 15 is 0 Å². The van der Waals surface area contributed by atoms with Crippen LogP contribution in [0.1, 0.15) is 35.1 Å². The van der Waals surface area contributed by atoms with Crippen LogP contribution in [-0.2, 0) is 4.79 Å². The lowest BCUT2D eigenvalue weighted by Gasteiger charge is -2.29. The average Bonchev–Trinajstić information content (AvgIpc) is 2.59. The molecule has 4 heteroatoms. The molecule has 1 aliphatic rings. The number of hydrogen-bond donors (Lipinski definition) is 1. The summed E-state index contributed by atoms with van der Waals surface area (Å²) in [4.78, 5) is 16.1. The van der Waals surface area contributed by atoms with E-state index in [2.05, 4.69) is 19.1 Å². The third-order valence-electron chi connectivity index (χ3n) is 3.20. The number of thiophene rings is 1. The number of amides is 1. The fourth-order valence-electron chi connectivity index (χ4n) is 2.28. The zero-order valence-electron chi connectivity index (χ0n) is 9.77. The lowest BCUT2D eigenvalue weighted by Crippen LogP contribution is -2.39. The number of hydrogen-bond acceptors (Lipinski definition) is 3. The van der Waals surface area contributed by atoms with E-state index in [-0.39, 0.29) is 18.0 Å². The van der Waals surface area contributed by atoms with Crippen molar-refractivity contribution < 1.29 is 4.79 Å². The lowest BCUT2D eigenvalue weighted by atomic mass is 10.0. The van der Waals surface area contributed by atoms with Gasteiger partial charge in [0.2, 0.25) is 5.91 Å². The molecule has 1 saturated heterocycles. The molecular weight excluding hydrogens is 220 g/mol. The molecule has 2 rings (SSSR count). The van der Waals surface area contributed by atoms with Gasteiger partial charge in [0.25, 0.3) is 0 Å². The van der Waals surface area contributed by atoms with Gasteiger partial charge in [-0.1, -0.05) is 0 Å². The van der Waals surface area contributed by atoms with Gasteiger partial charge in [-0.05, 0) is 31.9 Å². The Bertz CT molecular complexity index is 388. The Morgan fingerprint density at radius 3 is 2.88 bits per heavy atom. The molecule has 2 heterocycles. The Morgan fingerprint density at radius 2 is 2.25 bits per heavy atom. The molecule has 16 heavy (non-hydrogen) atoms. The van der Waals surface area contributed by atoms with Crippen molar-refractivity contribution in [3.05, 3.63) is 21.9 Å². The van der Waals surface area contributed by atoms with Gasteiger partial charge in [-0.15, -0.1) is 11.3 Å². The summed E-state index contributed by atoms with van der Waals surface area (Å²) in [6.07, 6.45) is 2.47. The smallest absolute Gasteiger partial charge is 0.222 e. The van der Waals surface area contributed by atoms with Gasteiger partial charge >= 0.3 is 0 Å². The summed E-state index contributed by atoms with van der Waals surface area (Å²) in [5, 5.41) is 0. The fraction of sp³-hybridized carbons (Fsp3) is 0.583. The van der Waals surface area contributed by atoms with E-state index in [0.717, 1.165) is 12.8 Å². The topological polar surface area (TPSA) is 46.3 Å². The van der Waals surface area contributed by atoms with Gasteiger partial charge in [-0.3, -0.25) is 4.79 Å². The Kier molecular flexibility index (Phi) is 3.30. The predicted octanol–water partition coefficient (Wildman–Crippen LogP) is 2.07. The number of nitrogens with two attached hydrogens (primary N) is 1. The minimum Gasteiger partial charge on any atom is -0.336 e. The van der Waals surface area contributed by atoms with Crippen molar-refractivity contribution in [1.29, 1.82) is 0 Å². The first-order valence-corrected chi connectivity index (χ1v) is 6.49. The van der Waals surface area contributed by atoms with E-state index in [1.807, 2.05) is 11.9 Å². The highest BCUT2D eigenvalue weighted by atomic mass is 32.1. The molecule has 88 valence electrons. The van der Waals surface area contributed by atoms with Gasteiger partial charge in [0.1, 0.15) is 0 Å². The van der Waals surface area contributed by atoms with E-state index in [9.17, 15) is 4.79 Å². The van der Waals surface area contributed by atoms with E-state index < -0.39 is 0 Å². The molecule has 0 saturated carbocycles. The number of carbonyl (C=O) groups excluding carboxylic acids is 1. The second-order valence-electron chi connectivity index (χ2n) is 4.45. The zero-order chi connectivity index (χ0) is 11.7. The molecule has 1 aromatic heterocycles. The molecule has 3 nitrogen and oxygen atoms in total. The number of likely N-dealkylation sites (N-methyl/N-ethyl adjacent to an activating group) is 1. The number of carbonyl (C=O) groups is 1. The minimum atomic E-state index is 0.0636. The zero-order valence-corrected chi connectivity index (χ0v) is 10.6. The van der Waals surface area contributed by atoms with E-state index in [1.54, 1.807) is 11.3 Å². The molecule has 1 amide bonds.